The van der Waals surface area contributed by atoms with Crippen LogP contribution in [-0.2, 0) is 0 Å². The molecule has 9 nitrogen and oxygen atoms in total. The van der Waals surface area contributed by atoms with E-state index in [1.165, 1.54) is 48.7 Å². The van der Waals surface area contributed by atoms with E-state index in [2.05, 4.69) is 10.6 Å². The van der Waals surface area contributed by atoms with Gasteiger partial charge in [0.15, 0.2) is 5.43 Å². The summed E-state index contributed by atoms with van der Waals surface area (Å²) in [5.41, 5.74) is 7.53. The first kappa shape index (κ1) is 22.4. The lowest BCUT2D eigenvalue weighted by atomic mass is 9.90. The lowest BCUT2D eigenvalue weighted by Gasteiger charge is -2.17. The van der Waals surface area contributed by atoms with Gasteiger partial charge in [0.05, 0.1) is 12.1 Å². The third kappa shape index (κ3) is 4.26. The van der Waals surface area contributed by atoms with Gasteiger partial charge in [-0.3, -0.25) is 9.59 Å². The lowest BCUT2D eigenvalue weighted by molar-refractivity contribution is 0.0697. The number of phenols is 1. The maximum absolute atomic E-state index is 12.6. The fraction of sp³-hybridized carbons (Fsp3) is 0.0800. The SMILES string of the molecule is CN/C=C(\N)CNC(=O)c1ccc(-c2c3ccc(=O)cc-3oc3cc(O)ccc23)c(C(=O)O)c1. The van der Waals surface area contributed by atoms with Gasteiger partial charge in [-0.2, -0.15) is 0 Å². The highest BCUT2D eigenvalue weighted by molar-refractivity contribution is 6.09. The molecule has 0 radical (unpaired) electrons. The summed E-state index contributed by atoms with van der Waals surface area (Å²) in [5, 5.41) is 25.8. The average Bonchev–Trinajstić information content (AvgIpc) is 2.80. The summed E-state index contributed by atoms with van der Waals surface area (Å²) in [4.78, 5) is 36.7. The second-order valence-corrected chi connectivity index (χ2v) is 7.57. The minimum Gasteiger partial charge on any atom is -0.508 e. The number of carbonyl (C=O) groups is 2. The Morgan fingerprint density at radius 3 is 2.56 bits per heavy atom. The van der Waals surface area contributed by atoms with Crippen LogP contribution in [0.5, 0.6) is 5.75 Å². The summed E-state index contributed by atoms with van der Waals surface area (Å²) in [6.45, 7) is 0.0836. The monoisotopic (exact) mass is 459 g/mol. The molecular weight excluding hydrogens is 438 g/mol. The van der Waals surface area contributed by atoms with Crippen molar-refractivity contribution in [1.29, 1.82) is 0 Å². The van der Waals surface area contributed by atoms with Crippen LogP contribution < -0.4 is 21.8 Å². The van der Waals surface area contributed by atoms with E-state index in [9.17, 15) is 24.6 Å². The van der Waals surface area contributed by atoms with Crippen LogP contribution in [0.4, 0.5) is 0 Å². The topological polar surface area (TPSA) is 155 Å². The van der Waals surface area contributed by atoms with Gasteiger partial charge in [0.25, 0.3) is 5.91 Å². The van der Waals surface area contributed by atoms with Crippen molar-refractivity contribution in [3.63, 3.8) is 0 Å². The number of carboxylic acids is 1. The Kier molecular flexibility index (Phi) is 5.92. The van der Waals surface area contributed by atoms with Crippen LogP contribution in [0.15, 0.2) is 75.7 Å². The Morgan fingerprint density at radius 1 is 1.06 bits per heavy atom. The Bertz CT molecular complexity index is 1490. The number of nitrogens with one attached hydrogen (secondary N) is 2. The second kappa shape index (κ2) is 8.99. The molecule has 0 aromatic heterocycles. The van der Waals surface area contributed by atoms with E-state index in [1.54, 1.807) is 19.2 Å². The molecule has 1 heterocycles. The molecule has 0 bridgehead atoms. The number of fused-ring (bicyclic) bond motifs is 2. The van der Waals surface area contributed by atoms with E-state index in [0.29, 0.717) is 27.8 Å². The number of nitrogens with two attached hydrogens (primary N) is 1. The van der Waals surface area contributed by atoms with Crippen LogP contribution in [-0.4, -0.2) is 35.7 Å². The van der Waals surface area contributed by atoms with Gasteiger partial charge in [-0.25, -0.2) is 4.79 Å². The van der Waals surface area contributed by atoms with Gasteiger partial charge in [-0.05, 0) is 42.0 Å². The molecule has 9 heteroatoms. The summed E-state index contributed by atoms with van der Waals surface area (Å²) in [7, 11) is 1.68. The number of carbonyl (C=O) groups excluding carboxylic acids is 1. The normalized spacial score (nSPS) is 11.5. The summed E-state index contributed by atoms with van der Waals surface area (Å²) in [5.74, 6) is -1.52. The van der Waals surface area contributed by atoms with E-state index in [4.69, 9.17) is 10.2 Å². The predicted molar refractivity (Wildman–Crippen MR) is 127 cm³/mol. The molecule has 0 saturated carbocycles. The van der Waals surface area contributed by atoms with Crippen LogP contribution in [0.3, 0.4) is 0 Å². The third-order valence-corrected chi connectivity index (χ3v) is 5.24. The molecule has 2 aromatic carbocycles. The maximum Gasteiger partial charge on any atom is 0.336 e. The van der Waals surface area contributed by atoms with Crippen LogP contribution >= 0.6 is 0 Å². The standard InChI is InChI=1S/C25H21N3O6/c1-27-11-14(26)12-28-24(31)13-2-5-17(20(8-13)25(32)33)23-18-6-3-15(29)9-21(18)34-22-10-16(30)4-7-19(22)23/h2-11,27,29H,12,26H2,1H3,(H,28,31)(H,32,33)/b14-11-. The quantitative estimate of drug-likeness (QED) is 0.276. The number of phenolic OH excluding ortho intramolecular Hbond substituents is 1. The van der Waals surface area contributed by atoms with Crippen molar-refractivity contribution >= 4 is 22.8 Å². The summed E-state index contributed by atoms with van der Waals surface area (Å²) in [6.07, 6.45) is 1.54. The predicted octanol–water partition coefficient (Wildman–Crippen LogP) is 2.72. The minimum absolute atomic E-state index is 0.0445. The average molecular weight is 459 g/mol. The van der Waals surface area contributed by atoms with Crippen molar-refractivity contribution in [2.75, 3.05) is 13.6 Å². The molecule has 0 saturated heterocycles. The molecular formula is C25H21N3O6. The highest BCUT2D eigenvalue weighted by Crippen LogP contribution is 2.42. The van der Waals surface area contributed by atoms with Gasteiger partial charge in [-0.1, -0.05) is 6.07 Å². The molecule has 0 unspecified atom stereocenters. The number of hydrogen-bond donors (Lipinski definition) is 5. The molecule has 172 valence electrons. The van der Waals surface area contributed by atoms with Crippen molar-refractivity contribution in [2.45, 2.75) is 0 Å². The Labute approximate surface area is 193 Å². The van der Waals surface area contributed by atoms with Gasteiger partial charge in [0, 0.05) is 53.2 Å². The molecule has 0 fully saturated rings. The van der Waals surface area contributed by atoms with E-state index in [1.807, 2.05) is 0 Å². The molecule has 0 spiro atoms. The number of amides is 1. The van der Waals surface area contributed by atoms with Gasteiger partial charge in [0.2, 0.25) is 0 Å². The minimum atomic E-state index is -1.24. The lowest BCUT2D eigenvalue weighted by Crippen LogP contribution is -2.28. The van der Waals surface area contributed by atoms with Crippen molar-refractivity contribution in [2.24, 2.45) is 5.73 Å². The molecule has 1 aliphatic carbocycles. The molecule has 0 atom stereocenters. The largest absolute Gasteiger partial charge is 0.508 e. The fourth-order valence-corrected chi connectivity index (χ4v) is 3.75. The summed E-state index contributed by atoms with van der Waals surface area (Å²) in [6, 6.07) is 13.0. The number of aromatic hydroxyl groups is 1. The van der Waals surface area contributed by atoms with E-state index in [0.717, 1.165) is 0 Å². The Morgan fingerprint density at radius 2 is 1.82 bits per heavy atom. The summed E-state index contributed by atoms with van der Waals surface area (Å²) < 4.78 is 5.81. The first-order chi connectivity index (χ1) is 16.3. The molecule has 1 aliphatic heterocycles. The zero-order chi connectivity index (χ0) is 24.4. The highest BCUT2D eigenvalue weighted by atomic mass is 16.4. The Hall–Kier alpha value is -4.79. The second-order valence-electron chi connectivity index (χ2n) is 7.57. The molecule has 34 heavy (non-hydrogen) atoms. The highest BCUT2D eigenvalue weighted by Gasteiger charge is 2.23. The van der Waals surface area contributed by atoms with Crippen molar-refractivity contribution < 1.29 is 24.2 Å². The number of benzene rings is 3. The third-order valence-electron chi connectivity index (χ3n) is 5.24. The molecule has 1 amide bonds. The van der Waals surface area contributed by atoms with Gasteiger partial charge in [0.1, 0.15) is 17.1 Å². The summed E-state index contributed by atoms with van der Waals surface area (Å²) >= 11 is 0. The first-order valence-electron chi connectivity index (χ1n) is 10.3. The molecule has 4 rings (SSSR count). The van der Waals surface area contributed by atoms with Gasteiger partial charge >= 0.3 is 5.97 Å². The zero-order valence-electron chi connectivity index (χ0n) is 18.1. The van der Waals surface area contributed by atoms with E-state index in [-0.39, 0.29) is 40.2 Å². The number of rotatable bonds is 6. The first-order valence-corrected chi connectivity index (χ1v) is 10.3. The zero-order valence-corrected chi connectivity index (χ0v) is 18.1. The number of hydrogen-bond acceptors (Lipinski definition) is 7. The maximum atomic E-state index is 12.6. The van der Waals surface area contributed by atoms with Crippen LogP contribution in [0.25, 0.3) is 33.4 Å². The molecule has 2 aliphatic rings. The Balaban J connectivity index is 1.89. The number of carboxylic acid groups (broad SMARTS) is 1. The molecule has 2 aromatic rings. The van der Waals surface area contributed by atoms with Crippen molar-refractivity contribution in [1.82, 2.24) is 10.6 Å². The van der Waals surface area contributed by atoms with Gasteiger partial charge in [-0.15, -0.1) is 0 Å². The van der Waals surface area contributed by atoms with Crippen molar-refractivity contribution in [3.8, 4) is 28.2 Å². The fourth-order valence-electron chi connectivity index (χ4n) is 3.75. The van der Waals surface area contributed by atoms with Gasteiger partial charge < -0.3 is 31.0 Å². The van der Waals surface area contributed by atoms with E-state index >= 15 is 0 Å². The molecule has 6 N–H and O–H groups in total. The van der Waals surface area contributed by atoms with E-state index < -0.39 is 11.9 Å². The van der Waals surface area contributed by atoms with Crippen molar-refractivity contribution in [3.05, 3.63) is 87.8 Å². The van der Waals surface area contributed by atoms with Crippen LogP contribution in [0.1, 0.15) is 20.7 Å². The van der Waals surface area contributed by atoms with Crippen LogP contribution in [0.2, 0.25) is 0 Å². The van der Waals surface area contributed by atoms with Crippen LogP contribution in [0, 0.1) is 0 Å². The smallest absolute Gasteiger partial charge is 0.336 e. The number of aromatic carboxylic acids is 1.